The summed E-state index contributed by atoms with van der Waals surface area (Å²) >= 11 is 0. The van der Waals surface area contributed by atoms with Crippen LogP contribution in [-0.2, 0) is 16.9 Å². The third-order valence-electron chi connectivity index (χ3n) is 7.42. The van der Waals surface area contributed by atoms with Crippen LogP contribution in [-0.4, -0.2) is 28.2 Å². The van der Waals surface area contributed by atoms with Gasteiger partial charge in [-0.25, -0.2) is 4.79 Å². The van der Waals surface area contributed by atoms with Crippen LogP contribution in [0.4, 0.5) is 4.79 Å². The Balaban J connectivity index is 1.33. The fraction of sp³-hybridized carbons (Fsp3) is 0.276. The number of nitrogens with zero attached hydrogens (tertiary/aromatic N) is 1. The molecule has 0 radical (unpaired) electrons. The molecule has 0 aliphatic carbocycles. The normalized spacial score (nSPS) is 24.3. The maximum atomic E-state index is 13.0. The number of amides is 1. The Kier molecular flexibility index (Phi) is 4.84. The summed E-state index contributed by atoms with van der Waals surface area (Å²) in [6.07, 6.45) is 2.59. The lowest BCUT2D eigenvalue weighted by atomic mass is 9.76. The van der Waals surface area contributed by atoms with E-state index in [1.54, 1.807) is 0 Å². The van der Waals surface area contributed by atoms with E-state index < -0.39 is 5.60 Å². The molecule has 4 nitrogen and oxygen atoms in total. The first-order valence-corrected chi connectivity index (χ1v) is 11.7. The van der Waals surface area contributed by atoms with Crippen molar-refractivity contribution in [2.75, 3.05) is 0 Å². The minimum absolute atomic E-state index is 0.0187. The van der Waals surface area contributed by atoms with E-state index >= 15 is 0 Å². The summed E-state index contributed by atoms with van der Waals surface area (Å²) in [6.45, 7) is 0.272. The van der Waals surface area contributed by atoms with Gasteiger partial charge in [0.2, 0.25) is 0 Å². The number of hydrogen-bond acceptors (Lipinski definition) is 3. The summed E-state index contributed by atoms with van der Waals surface area (Å²) in [5.41, 5.74) is 1.00. The molecule has 0 aromatic heterocycles. The van der Waals surface area contributed by atoms with Crippen molar-refractivity contribution in [1.82, 2.24) is 4.90 Å². The minimum Gasteiger partial charge on any atom is -0.445 e. The smallest absolute Gasteiger partial charge is 0.410 e. The fourth-order valence-corrected chi connectivity index (χ4v) is 6.04. The van der Waals surface area contributed by atoms with E-state index in [4.69, 9.17) is 4.74 Å². The molecule has 2 atom stereocenters. The molecule has 0 spiro atoms. The number of piperidine rings is 1. The lowest BCUT2D eigenvalue weighted by Crippen LogP contribution is -2.52. The Labute approximate surface area is 193 Å². The predicted molar refractivity (Wildman–Crippen MR) is 130 cm³/mol. The van der Waals surface area contributed by atoms with E-state index in [9.17, 15) is 9.90 Å². The second-order valence-electron chi connectivity index (χ2n) is 9.47. The summed E-state index contributed by atoms with van der Waals surface area (Å²) in [7, 11) is 0. The van der Waals surface area contributed by atoms with Gasteiger partial charge in [-0.05, 0) is 51.6 Å². The highest BCUT2D eigenvalue weighted by Crippen LogP contribution is 2.49. The van der Waals surface area contributed by atoms with Gasteiger partial charge in [0.1, 0.15) is 6.61 Å². The quantitative estimate of drug-likeness (QED) is 0.392. The number of carbonyl (C=O) groups excluding carboxylic acids is 1. The van der Waals surface area contributed by atoms with E-state index in [0.29, 0.717) is 12.8 Å². The molecule has 4 heteroatoms. The lowest BCUT2D eigenvalue weighted by molar-refractivity contribution is -0.0517. The van der Waals surface area contributed by atoms with Gasteiger partial charge in [-0.1, -0.05) is 78.9 Å². The summed E-state index contributed by atoms with van der Waals surface area (Å²) in [4.78, 5) is 14.9. The zero-order chi connectivity index (χ0) is 22.4. The van der Waals surface area contributed by atoms with Crippen LogP contribution in [0.1, 0.15) is 36.8 Å². The van der Waals surface area contributed by atoms with Crippen molar-refractivity contribution in [3.05, 3.63) is 96.1 Å². The highest BCUT2D eigenvalue weighted by molar-refractivity contribution is 6.03. The average molecular weight is 438 g/mol. The van der Waals surface area contributed by atoms with Crippen LogP contribution >= 0.6 is 0 Å². The molecule has 6 rings (SSSR count). The van der Waals surface area contributed by atoms with E-state index in [2.05, 4.69) is 30.3 Å². The van der Waals surface area contributed by atoms with Gasteiger partial charge in [0.15, 0.2) is 0 Å². The van der Waals surface area contributed by atoms with Crippen LogP contribution in [0.15, 0.2) is 84.9 Å². The van der Waals surface area contributed by atoms with Gasteiger partial charge >= 0.3 is 6.09 Å². The van der Waals surface area contributed by atoms with Crippen LogP contribution in [0.25, 0.3) is 21.5 Å². The molecule has 0 saturated carbocycles. The van der Waals surface area contributed by atoms with Crippen LogP contribution in [0.2, 0.25) is 0 Å². The van der Waals surface area contributed by atoms with Crippen LogP contribution in [0.5, 0.6) is 0 Å². The first-order chi connectivity index (χ1) is 16.1. The van der Waals surface area contributed by atoms with Gasteiger partial charge in [0.05, 0.1) is 5.60 Å². The number of carbonyl (C=O) groups is 1. The molecule has 2 fully saturated rings. The Morgan fingerprint density at radius 3 is 2.00 bits per heavy atom. The zero-order valence-electron chi connectivity index (χ0n) is 18.5. The van der Waals surface area contributed by atoms with Crippen LogP contribution < -0.4 is 0 Å². The lowest BCUT2D eigenvalue weighted by Gasteiger charge is -2.44. The van der Waals surface area contributed by atoms with Crippen molar-refractivity contribution >= 4 is 27.6 Å². The van der Waals surface area contributed by atoms with Crippen molar-refractivity contribution in [3.8, 4) is 0 Å². The molecule has 4 aromatic rings. The van der Waals surface area contributed by atoms with Crippen molar-refractivity contribution in [2.45, 2.75) is 50.0 Å². The highest BCUT2D eigenvalue weighted by atomic mass is 16.6. The maximum Gasteiger partial charge on any atom is 0.410 e. The molecule has 2 unspecified atom stereocenters. The molecule has 166 valence electrons. The average Bonchev–Trinajstić information content (AvgIpc) is 3.13. The number of aliphatic hydroxyl groups is 1. The summed E-state index contributed by atoms with van der Waals surface area (Å²) in [5, 5.41) is 16.6. The van der Waals surface area contributed by atoms with Crippen molar-refractivity contribution < 1.29 is 14.6 Å². The number of fused-ring (bicyclic) bond motifs is 4. The molecule has 2 bridgehead atoms. The number of ether oxygens (including phenoxy) is 1. The Morgan fingerprint density at radius 1 is 0.848 bits per heavy atom. The molecule has 2 heterocycles. The predicted octanol–water partition coefficient (Wildman–Crippen LogP) is 6.14. The summed E-state index contributed by atoms with van der Waals surface area (Å²) in [5.74, 6) is 0. The number of hydrogen-bond donors (Lipinski definition) is 1. The number of rotatable bonds is 3. The first kappa shape index (κ1) is 20.3. The van der Waals surface area contributed by atoms with E-state index in [0.717, 1.165) is 45.5 Å². The maximum absolute atomic E-state index is 13.0. The third kappa shape index (κ3) is 3.46. The molecule has 4 aromatic carbocycles. The van der Waals surface area contributed by atoms with Crippen molar-refractivity contribution in [1.29, 1.82) is 0 Å². The second-order valence-corrected chi connectivity index (χ2v) is 9.47. The van der Waals surface area contributed by atoms with Crippen LogP contribution in [0.3, 0.4) is 0 Å². The summed E-state index contributed by atoms with van der Waals surface area (Å²) < 4.78 is 5.67. The SMILES string of the molecule is O=C(OCc1ccccc1)N1C2CCC1CC(O)(c1c3ccccc3cc3ccccc13)C2. The zero-order valence-corrected chi connectivity index (χ0v) is 18.5. The molecular weight excluding hydrogens is 410 g/mol. The topological polar surface area (TPSA) is 49.8 Å². The standard InChI is InChI=1S/C29H27NO3/c31-28(33-19-20-8-2-1-3-9-20)30-23-14-15-24(30)18-29(32,17-23)27-25-12-6-4-10-21(25)16-22-11-5-7-13-26(22)27/h1-13,16,23-24,32H,14-15,17-19H2. The number of benzene rings is 4. The molecule has 33 heavy (non-hydrogen) atoms. The summed E-state index contributed by atoms with van der Waals surface area (Å²) in [6, 6.07) is 28.5. The van der Waals surface area contributed by atoms with Crippen molar-refractivity contribution in [2.24, 2.45) is 0 Å². The van der Waals surface area contributed by atoms with Gasteiger partial charge < -0.3 is 14.7 Å². The van der Waals surface area contributed by atoms with Crippen LogP contribution in [0, 0.1) is 0 Å². The molecule has 1 N–H and O–H groups in total. The largest absolute Gasteiger partial charge is 0.445 e. The van der Waals surface area contributed by atoms with Gasteiger partial charge in [0.25, 0.3) is 0 Å². The Bertz CT molecular complexity index is 1260. The third-order valence-corrected chi connectivity index (χ3v) is 7.42. The van der Waals surface area contributed by atoms with Gasteiger partial charge in [-0.3, -0.25) is 0 Å². The molecule has 1 amide bonds. The Hall–Kier alpha value is -3.37. The molecule has 2 aliphatic rings. The van der Waals surface area contributed by atoms with E-state index in [1.807, 2.05) is 59.5 Å². The first-order valence-electron chi connectivity index (χ1n) is 11.7. The molecule has 2 saturated heterocycles. The van der Waals surface area contributed by atoms with E-state index in [-0.39, 0.29) is 24.8 Å². The van der Waals surface area contributed by atoms with Gasteiger partial charge in [0, 0.05) is 24.9 Å². The second kappa shape index (κ2) is 7.89. The monoisotopic (exact) mass is 437 g/mol. The van der Waals surface area contributed by atoms with Crippen molar-refractivity contribution in [3.63, 3.8) is 0 Å². The molecule has 2 aliphatic heterocycles. The highest BCUT2D eigenvalue weighted by Gasteiger charge is 2.51. The minimum atomic E-state index is -0.984. The van der Waals surface area contributed by atoms with Gasteiger partial charge in [-0.15, -0.1) is 0 Å². The van der Waals surface area contributed by atoms with Gasteiger partial charge in [-0.2, -0.15) is 0 Å². The molecular formula is C29H27NO3. The Morgan fingerprint density at radius 2 is 1.39 bits per heavy atom. The fourth-order valence-electron chi connectivity index (χ4n) is 6.04. The van der Waals surface area contributed by atoms with E-state index in [1.165, 1.54) is 0 Å².